The van der Waals surface area contributed by atoms with E-state index in [0.717, 1.165) is 18.2 Å². The number of benzene rings is 2. The van der Waals surface area contributed by atoms with Crippen molar-refractivity contribution in [1.82, 2.24) is 0 Å². The summed E-state index contributed by atoms with van der Waals surface area (Å²) in [6.07, 6.45) is -1.07. The van der Waals surface area contributed by atoms with Crippen molar-refractivity contribution in [2.75, 3.05) is 5.32 Å². The molecule has 1 atom stereocenters. The highest BCUT2D eigenvalue weighted by molar-refractivity contribution is 6.00. The van der Waals surface area contributed by atoms with Gasteiger partial charge in [-0.2, -0.15) is 0 Å². The molecule has 0 aliphatic carbocycles. The highest BCUT2D eigenvalue weighted by atomic mass is 19.1. The highest BCUT2D eigenvalue weighted by Gasteiger charge is 2.24. The molecule has 1 amide bonds. The van der Waals surface area contributed by atoms with Crippen LogP contribution in [0.15, 0.2) is 42.5 Å². The van der Waals surface area contributed by atoms with E-state index in [2.05, 4.69) is 5.32 Å². The molecule has 28 heavy (non-hydrogen) atoms. The summed E-state index contributed by atoms with van der Waals surface area (Å²) in [4.78, 5) is 34.9. The summed E-state index contributed by atoms with van der Waals surface area (Å²) in [5.41, 5.74) is -0.163. The Morgan fingerprint density at radius 1 is 1.14 bits per heavy atom. The van der Waals surface area contributed by atoms with Crippen LogP contribution in [-0.2, 0) is 4.79 Å². The number of halogens is 1. The first-order valence-electron chi connectivity index (χ1n) is 8.55. The van der Waals surface area contributed by atoms with Gasteiger partial charge in [0.25, 0.3) is 0 Å². The van der Waals surface area contributed by atoms with E-state index in [-0.39, 0.29) is 11.7 Å². The average Bonchev–Trinajstić information content (AvgIpc) is 2.60. The van der Waals surface area contributed by atoms with Crippen LogP contribution in [0.3, 0.4) is 0 Å². The van der Waals surface area contributed by atoms with E-state index in [1.54, 1.807) is 32.9 Å². The second kappa shape index (κ2) is 8.16. The van der Waals surface area contributed by atoms with Crippen LogP contribution in [0.5, 0.6) is 5.75 Å². The van der Waals surface area contributed by atoms with Crippen LogP contribution >= 0.6 is 0 Å². The van der Waals surface area contributed by atoms with E-state index >= 15 is 0 Å². The Morgan fingerprint density at radius 3 is 2.29 bits per heavy atom. The van der Waals surface area contributed by atoms with E-state index in [1.165, 1.54) is 19.1 Å². The molecule has 2 rings (SSSR count). The monoisotopic (exact) mass is 388 g/mol. The number of nitro benzene ring substituents is 1. The first kappa shape index (κ1) is 21.0. The van der Waals surface area contributed by atoms with E-state index in [1.807, 2.05) is 0 Å². The second-order valence-corrected chi connectivity index (χ2v) is 7.27. The minimum absolute atomic E-state index is 0.165. The topological polar surface area (TPSA) is 98.5 Å². The van der Waals surface area contributed by atoms with Crippen LogP contribution in [0.1, 0.15) is 38.1 Å². The van der Waals surface area contributed by atoms with Crippen molar-refractivity contribution in [2.45, 2.75) is 33.8 Å². The first-order chi connectivity index (χ1) is 13.0. The third kappa shape index (κ3) is 5.12. The van der Waals surface area contributed by atoms with E-state index in [4.69, 9.17) is 4.74 Å². The maximum atomic E-state index is 13.4. The molecular weight excluding hydrogens is 367 g/mol. The molecule has 0 aliphatic heterocycles. The van der Waals surface area contributed by atoms with Gasteiger partial charge in [-0.1, -0.05) is 20.8 Å². The number of hydrogen-bond donors (Lipinski definition) is 1. The van der Waals surface area contributed by atoms with E-state index in [9.17, 15) is 24.1 Å². The fourth-order valence-electron chi connectivity index (χ4n) is 2.25. The lowest BCUT2D eigenvalue weighted by molar-refractivity contribution is -0.386. The molecule has 2 aromatic rings. The lowest BCUT2D eigenvalue weighted by Gasteiger charge is -2.18. The molecule has 1 N–H and O–H groups in total. The number of anilines is 1. The molecule has 0 saturated carbocycles. The Balaban J connectivity index is 2.13. The fourth-order valence-corrected chi connectivity index (χ4v) is 2.25. The predicted molar refractivity (Wildman–Crippen MR) is 102 cm³/mol. The number of hydrogen-bond acceptors (Lipinski definition) is 5. The van der Waals surface area contributed by atoms with Crippen molar-refractivity contribution in [3.63, 3.8) is 0 Å². The van der Waals surface area contributed by atoms with Gasteiger partial charge in [0.15, 0.2) is 6.10 Å². The average molecular weight is 388 g/mol. The fraction of sp³-hybridized carbons (Fsp3) is 0.300. The van der Waals surface area contributed by atoms with Gasteiger partial charge in [-0.05, 0) is 37.3 Å². The predicted octanol–water partition coefficient (Wildman–Crippen LogP) is 4.37. The molecule has 148 valence electrons. The number of ketones is 1. The van der Waals surface area contributed by atoms with Gasteiger partial charge < -0.3 is 10.1 Å². The number of carbonyl (C=O) groups is 2. The van der Waals surface area contributed by atoms with Crippen LogP contribution in [0.25, 0.3) is 0 Å². The number of nitro groups is 1. The maximum absolute atomic E-state index is 13.4. The standard InChI is InChI=1S/C20H21FN2O5/c1-12(28-17-11-14(21)7-10-16(17)23(26)27)18(24)13-5-8-15(9-6-13)22-19(25)20(2,3)4/h5-12H,1-4H3,(H,22,25)/t12-/m0/s1. The number of ether oxygens (including phenoxy) is 1. The second-order valence-electron chi connectivity index (χ2n) is 7.27. The minimum atomic E-state index is -1.07. The maximum Gasteiger partial charge on any atom is 0.311 e. The zero-order valence-corrected chi connectivity index (χ0v) is 16.0. The van der Waals surface area contributed by atoms with Gasteiger partial charge in [0.1, 0.15) is 5.82 Å². The van der Waals surface area contributed by atoms with Gasteiger partial charge in [-0.25, -0.2) is 4.39 Å². The molecule has 0 heterocycles. The zero-order chi connectivity index (χ0) is 21.1. The quantitative estimate of drug-likeness (QED) is 0.450. The molecule has 0 bridgehead atoms. The zero-order valence-electron chi connectivity index (χ0n) is 16.0. The molecule has 0 saturated heterocycles. The lowest BCUT2D eigenvalue weighted by atomic mass is 9.95. The van der Waals surface area contributed by atoms with Gasteiger partial charge >= 0.3 is 5.69 Å². The highest BCUT2D eigenvalue weighted by Crippen LogP contribution is 2.29. The number of carbonyl (C=O) groups excluding carboxylic acids is 2. The molecule has 0 fully saturated rings. The lowest BCUT2D eigenvalue weighted by Crippen LogP contribution is -2.27. The summed E-state index contributed by atoms with van der Waals surface area (Å²) in [7, 11) is 0. The van der Waals surface area contributed by atoms with Crippen LogP contribution in [0.2, 0.25) is 0 Å². The summed E-state index contributed by atoms with van der Waals surface area (Å²) < 4.78 is 18.7. The van der Waals surface area contributed by atoms with Crippen molar-refractivity contribution in [2.24, 2.45) is 5.41 Å². The van der Waals surface area contributed by atoms with Crippen molar-refractivity contribution in [1.29, 1.82) is 0 Å². The molecule has 7 nitrogen and oxygen atoms in total. The number of nitrogens with one attached hydrogen (secondary N) is 1. The summed E-state index contributed by atoms with van der Waals surface area (Å²) in [5.74, 6) is -1.63. The molecule has 2 aromatic carbocycles. The minimum Gasteiger partial charge on any atom is -0.475 e. The first-order valence-corrected chi connectivity index (χ1v) is 8.55. The Kier molecular flexibility index (Phi) is 6.12. The van der Waals surface area contributed by atoms with Gasteiger partial charge in [-0.15, -0.1) is 0 Å². The van der Waals surface area contributed by atoms with E-state index in [0.29, 0.717) is 11.3 Å². The summed E-state index contributed by atoms with van der Waals surface area (Å²) in [6, 6.07) is 8.98. The summed E-state index contributed by atoms with van der Waals surface area (Å²) >= 11 is 0. The Morgan fingerprint density at radius 2 is 1.75 bits per heavy atom. The van der Waals surface area contributed by atoms with Crippen LogP contribution in [-0.4, -0.2) is 22.7 Å². The van der Waals surface area contributed by atoms with Crippen molar-refractivity contribution in [3.8, 4) is 5.75 Å². The largest absolute Gasteiger partial charge is 0.475 e. The number of rotatable bonds is 6. The molecule has 0 spiro atoms. The molecule has 0 radical (unpaired) electrons. The third-order valence-corrected chi connectivity index (χ3v) is 3.90. The number of nitrogens with zero attached hydrogens (tertiary/aromatic N) is 1. The van der Waals surface area contributed by atoms with Crippen molar-refractivity contribution in [3.05, 3.63) is 64.0 Å². The van der Waals surface area contributed by atoms with Crippen LogP contribution < -0.4 is 10.1 Å². The van der Waals surface area contributed by atoms with Gasteiger partial charge in [-0.3, -0.25) is 19.7 Å². The molecule has 0 aromatic heterocycles. The van der Waals surface area contributed by atoms with Crippen molar-refractivity contribution < 1.29 is 23.6 Å². The van der Waals surface area contributed by atoms with Gasteiger partial charge in [0.2, 0.25) is 17.4 Å². The van der Waals surface area contributed by atoms with Crippen LogP contribution in [0.4, 0.5) is 15.8 Å². The van der Waals surface area contributed by atoms with E-state index < -0.39 is 33.7 Å². The van der Waals surface area contributed by atoms with Crippen LogP contribution in [0, 0.1) is 21.3 Å². The molecule has 0 aliphatic rings. The number of Topliss-reactive ketones (excluding diaryl/α,β-unsaturated/α-hetero) is 1. The Hall–Kier alpha value is -3.29. The van der Waals surface area contributed by atoms with Gasteiger partial charge in [0, 0.05) is 28.8 Å². The smallest absolute Gasteiger partial charge is 0.311 e. The molecule has 8 heteroatoms. The molecular formula is C20H21FN2O5. The summed E-state index contributed by atoms with van der Waals surface area (Å²) in [5, 5.41) is 13.8. The van der Waals surface area contributed by atoms with Gasteiger partial charge in [0.05, 0.1) is 4.92 Å². The number of amides is 1. The third-order valence-electron chi connectivity index (χ3n) is 3.90. The molecule has 0 unspecified atom stereocenters. The SMILES string of the molecule is C[C@H](Oc1cc(F)ccc1[N+](=O)[O-])C(=O)c1ccc(NC(=O)C(C)(C)C)cc1. The van der Waals surface area contributed by atoms with Crippen molar-refractivity contribution >= 4 is 23.1 Å². The Labute approximate surface area is 161 Å². The normalized spacial score (nSPS) is 12.2. The Bertz CT molecular complexity index is 904. The summed E-state index contributed by atoms with van der Waals surface area (Å²) in [6.45, 7) is 6.77.